The van der Waals surface area contributed by atoms with Crippen LogP contribution < -0.4 is 0 Å². The molecule has 2 saturated heterocycles. The molecule has 0 aromatic rings. The van der Waals surface area contributed by atoms with Gasteiger partial charge in [-0.3, -0.25) is 0 Å². The first kappa shape index (κ1) is 16.5. The van der Waals surface area contributed by atoms with E-state index in [1.165, 1.54) is 0 Å². The van der Waals surface area contributed by atoms with Crippen LogP contribution in [0.5, 0.6) is 0 Å². The second-order valence-corrected chi connectivity index (χ2v) is 9.34. The number of carbonyl (C=O) groups excluding carboxylic acids is 1. The number of sulfone groups is 1. The van der Waals surface area contributed by atoms with Gasteiger partial charge in [-0.1, -0.05) is 0 Å². The van der Waals surface area contributed by atoms with E-state index in [2.05, 4.69) is 0 Å². The number of aliphatic hydroxyl groups is 1. The third-order valence-corrected chi connectivity index (χ3v) is 5.94. The molecular formula is C14H25NO5S. The molecule has 0 aromatic carbocycles. The predicted octanol–water partition coefficient (Wildman–Crippen LogP) is 1.04. The van der Waals surface area contributed by atoms with Gasteiger partial charge in [0.2, 0.25) is 0 Å². The van der Waals surface area contributed by atoms with Crippen molar-refractivity contribution in [1.29, 1.82) is 0 Å². The summed E-state index contributed by atoms with van der Waals surface area (Å²) in [5, 5.41) is 10.2. The summed E-state index contributed by atoms with van der Waals surface area (Å²) in [4.78, 5) is 13.7. The summed E-state index contributed by atoms with van der Waals surface area (Å²) in [6.45, 7) is 6.25. The van der Waals surface area contributed by atoms with Crippen molar-refractivity contribution >= 4 is 15.9 Å². The topological polar surface area (TPSA) is 83.9 Å². The van der Waals surface area contributed by atoms with Gasteiger partial charge < -0.3 is 14.7 Å². The number of hydrogen-bond acceptors (Lipinski definition) is 5. The zero-order chi connectivity index (χ0) is 15.8. The van der Waals surface area contributed by atoms with Gasteiger partial charge in [0, 0.05) is 19.0 Å². The summed E-state index contributed by atoms with van der Waals surface area (Å²) in [7, 11) is -2.98. The van der Waals surface area contributed by atoms with Crippen molar-refractivity contribution in [2.24, 2.45) is 11.8 Å². The molecule has 0 saturated carbocycles. The molecule has 0 aromatic heterocycles. The molecule has 2 rings (SSSR count). The maximum Gasteiger partial charge on any atom is 0.410 e. The number of likely N-dealkylation sites (tertiary alicyclic amines) is 1. The monoisotopic (exact) mass is 319 g/mol. The molecule has 2 heterocycles. The van der Waals surface area contributed by atoms with Gasteiger partial charge in [-0.2, -0.15) is 0 Å². The van der Waals surface area contributed by atoms with Crippen LogP contribution in [0.25, 0.3) is 0 Å². The Morgan fingerprint density at radius 2 is 1.95 bits per heavy atom. The van der Waals surface area contributed by atoms with Crippen LogP contribution in [0, 0.1) is 11.8 Å². The third kappa shape index (κ3) is 4.32. The van der Waals surface area contributed by atoms with E-state index in [1.54, 1.807) is 4.90 Å². The smallest absolute Gasteiger partial charge is 0.410 e. The highest BCUT2D eigenvalue weighted by Crippen LogP contribution is 2.32. The van der Waals surface area contributed by atoms with Gasteiger partial charge in [-0.15, -0.1) is 0 Å². The Kier molecular flexibility index (Phi) is 4.54. The van der Waals surface area contributed by atoms with Gasteiger partial charge in [0.25, 0.3) is 0 Å². The van der Waals surface area contributed by atoms with Gasteiger partial charge in [0.15, 0.2) is 9.84 Å². The molecule has 1 N–H and O–H groups in total. The molecule has 1 amide bonds. The van der Waals surface area contributed by atoms with E-state index in [1.807, 2.05) is 20.8 Å². The molecular weight excluding hydrogens is 294 g/mol. The van der Waals surface area contributed by atoms with E-state index in [-0.39, 0.29) is 29.4 Å². The summed E-state index contributed by atoms with van der Waals surface area (Å²) in [5.74, 6) is 0.0725. The van der Waals surface area contributed by atoms with Gasteiger partial charge in [0.1, 0.15) is 5.60 Å². The van der Waals surface area contributed by atoms with Crippen molar-refractivity contribution < 1.29 is 23.1 Å². The molecule has 6 nitrogen and oxygen atoms in total. The fraction of sp³-hybridized carbons (Fsp3) is 0.929. The molecule has 21 heavy (non-hydrogen) atoms. The van der Waals surface area contributed by atoms with Crippen molar-refractivity contribution in [1.82, 2.24) is 4.90 Å². The molecule has 0 spiro atoms. The molecule has 2 aliphatic rings. The van der Waals surface area contributed by atoms with Crippen LogP contribution in [-0.4, -0.2) is 60.8 Å². The lowest BCUT2D eigenvalue weighted by Crippen LogP contribution is -2.50. The van der Waals surface area contributed by atoms with Crippen LogP contribution in [0.15, 0.2) is 0 Å². The van der Waals surface area contributed by atoms with Crippen LogP contribution in [0.1, 0.15) is 33.6 Å². The molecule has 2 fully saturated rings. The minimum atomic E-state index is -2.98. The standard InChI is InChI=1S/C14H25NO5S/c1-14(2,3)20-13(17)15-6-4-12(16)11(8-15)10-5-7-21(18,19)9-10/h10-12,16H,4-9H2,1-3H3. The molecule has 0 aliphatic carbocycles. The van der Waals surface area contributed by atoms with E-state index in [0.29, 0.717) is 25.9 Å². The van der Waals surface area contributed by atoms with Crippen molar-refractivity contribution in [2.75, 3.05) is 24.6 Å². The van der Waals surface area contributed by atoms with Gasteiger partial charge in [-0.25, -0.2) is 13.2 Å². The van der Waals surface area contributed by atoms with Crippen LogP contribution in [0.2, 0.25) is 0 Å². The van der Waals surface area contributed by atoms with E-state index >= 15 is 0 Å². The summed E-state index contributed by atoms with van der Waals surface area (Å²) >= 11 is 0. The zero-order valence-electron chi connectivity index (χ0n) is 12.9. The number of aliphatic hydroxyl groups excluding tert-OH is 1. The Balaban J connectivity index is 2.01. The fourth-order valence-corrected chi connectivity index (χ4v) is 4.98. The van der Waals surface area contributed by atoms with Crippen LogP contribution in [-0.2, 0) is 14.6 Å². The number of hydrogen-bond donors (Lipinski definition) is 1. The minimum absolute atomic E-state index is 0.0600. The second-order valence-electron chi connectivity index (χ2n) is 7.11. The normalized spacial score (nSPS) is 33.0. The zero-order valence-corrected chi connectivity index (χ0v) is 13.7. The lowest BCUT2D eigenvalue weighted by atomic mass is 9.83. The number of nitrogens with zero attached hydrogens (tertiary/aromatic N) is 1. The number of rotatable bonds is 1. The van der Waals surface area contributed by atoms with Gasteiger partial charge in [-0.05, 0) is 39.5 Å². The number of amides is 1. The lowest BCUT2D eigenvalue weighted by Gasteiger charge is -2.39. The van der Waals surface area contributed by atoms with E-state index in [0.717, 1.165) is 0 Å². The van der Waals surface area contributed by atoms with Crippen molar-refractivity contribution in [3.05, 3.63) is 0 Å². The Bertz CT molecular complexity index is 496. The number of carbonyl (C=O) groups is 1. The van der Waals surface area contributed by atoms with E-state index in [4.69, 9.17) is 4.74 Å². The summed E-state index contributed by atoms with van der Waals surface area (Å²) in [6, 6.07) is 0. The molecule has 0 bridgehead atoms. The summed E-state index contributed by atoms with van der Waals surface area (Å²) < 4.78 is 28.6. The highest BCUT2D eigenvalue weighted by atomic mass is 32.2. The summed E-state index contributed by atoms with van der Waals surface area (Å²) in [6.07, 6.45) is 0.120. The first-order valence-corrected chi connectivity index (χ1v) is 9.26. The Hall–Kier alpha value is -0.820. The average Bonchev–Trinajstić information content (AvgIpc) is 2.67. The lowest BCUT2D eigenvalue weighted by molar-refractivity contribution is -0.0193. The SMILES string of the molecule is CC(C)(C)OC(=O)N1CCC(O)C(C2CCS(=O)(=O)C2)C1. The highest BCUT2D eigenvalue weighted by molar-refractivity contribution is 7.91. The second kappa shape index (κ2) is 5.76. The molecule has 0 radical (unpaired) electrons. The van der Waals surface area contributed by atoms with Gasteiger partial charge in [0.05, 0.1) is 17.6 Å². The van der Waals surface area contributed by atoms with Crippen LogP contribution in [0.4, 0.5) is 4.79 Å². The molecule has 2 aliphatic heterocycles. The summed E-state index contributed by atoms with van der Waals surface area (Å²) in [5.41, 5.74) is -0.556. The largest absolute Gasteiger partial charge is 0.444 e. The molecule has 122 valence electrons. The van der Waals surface area contributed by atoms with E-state index in [9.17, 15) is 18.3 Å². The Morgan fingerprint density at radius 3 is 2.48 bits per heavy atom. The van der Waals surface area contributed by atoms with Crippen LogP contribution >= 0.6 is 0 Å². The first-order valence-electron chi connectivity index (χ1n) is 7.44. The fourth-order valence-electron chi connectivity index (χ4n) is 3.09. The average molecular weight is 319 g/mol. The van der Waals surface area contributed by atoms with Crippen molar-refractivity contribution in [3.8, 4) is 0 Å². The Labute approximate surface area is 126 Å². The van der Waals surface area contributed by atoms with E-state index < -0.39 is 21.5 Å². The minimum Gasteiger partial charge on any atom is -0.444 e. The maximum absolute atomic E-state index is 12.1. The molecule has 3 atom stereocenters. The van der Waals surface area contributed by atoms with Crippen molar-refractivity contribution in [2.45, 2.75) is 45.3 Å². The first-order chi connectivity index (χ1) is 9.57. The van der Waals surface area contributed by atoms with Gasteiger partial charge >= 0.3 is 6.09 Å². The molecule has 3 unspecified atom stereocenters. The van der Waals surface area contributed by atoms with Crippen LogP contribution in [0.3, 0.4) is 0 Å². The Morgan fingerprint density at radius 1 is 1.29 bits per heavy atom. The highest BCUT2D eigenvalue weighted by Gasteiger charge is 2.41. The predicted molar refractivity (Wildman–Crippen MR) is 78.7 cm³/mol. The maximum atomic E-state index is 12.1. The van der Waals surface area contributed by atoms with Crippen molar-refractivity contribution in [3.63, 3.8) is 0 Å². The number of piperidine rings is 1. The number of ether oxygens (including phenoxy) is 1. The quantitative estimate of drug-likeness (QED) is 0.780. The third-order valence-electron chi connectivity index (χ3n) is 4.15. The molecule has 7 heteroatoms.